The first kappa shape index (κ1) is 15.7. The number of hydrogen-bond acceptors (Lipinski definition) is 4. The number of rotatable bonds is 4. The van der Waals surface area contributed by atoms with Gasteiger partial charge in [-0.25, -0.2) is 4.98 Å². The maximum Gasteiger partial charge on any atom is 0.143 e. The number of para-hydroxylation sites is 2. The van der Waals surface area contributed by atoms with Gasteiger partial charge in [0.2, 0.25) is 0 Å². The van der Waals surface area contributed by atoms with E-state index in [1.165, 1.54) is 0 Å². The zero-order valence-corrected chi connectivity index (χ0v) is 14.2. The van der Waals surface area contributed by atoms with Crippen molar-refractivity contribution in [3.05, 3.63) is 42.5 Å². The van der Waals surface area contributed by atoms with Crippen molar-refractivity contribution < 1.29 is 9.47 Å². The van der Waals surface area contributed by atoms with E-state index in [4.69, 9.17) is 9.47 Å². The van der Waals surface area contributed by atoms with Crippen molar-refractivity contribution in [3.63, 3.8) is 0 Å². The largest absolute Gasteiger partial charge is 0.488 e. The fraction of sp³-hybridized carbons (Fsp3) is 0.526. The molecule has 24 heavy (non-hydrogen) atoms. The van der Waals surface area contributed by atoms with Crippen LogP contribution in [0, 0.1) is 0 Å². The van der Waals surface area contributed by atoms with Crippen molar-refractivity contribution in [2.75, 3.05) is 33.4 Å². The van der Waals surface area contributed by atoms with Crippen molar-refractivity contribution in [1.82, 2.24) is 14.5 Å². The summed E-state index contributed by atoms with van der Waals surface area (Å²) in [5.41, 5.74) is 1.08. The third-order valence-corrected chi connectivity index (χ3v) is 5.05. The minimum Gasteiger partial charge on any atom is -0.488 e. The first-order chi connectivity index (χ1) is 11.8. The number of benzene rings is 1. The Hall–Kier alpha value is -1.85. The Labute approximate surface area is 143 Å². The molecule has 1 unspecified atom stereocenters. The zero-order chi connectivity index (χ0) is 16.4. The van der Waals surface area contributed by atoms with Gasteiger partial charge in [0.05, 0.1) is 12.3 Å². The Kier molecular flexibility index (Phi) is 4.54. The van der Waals surface area contributed by atoms with E-state index in [0.29, 0.717) is 12.0 Å². The fourth-order valence-electron chi connectivity index (χ4n) is 3.60. The van der Waals surface area contributed by atoms with Crippen LogP contribution < -0.4 is 4.74 Å². The normalized spacial score (nSPS) is 22.8. The molecule has 2 fully saturated rings. The van der Waals surface area contributed by atoms with E-state index in [1.54, 1.807) is 0 Å². The zero-order valence-electron chi connectivity index (χ0n) is 14.2. The molecular formula is C19H25N3O2. The molecule has 1 aromatic carbocycles. The molecule has 2 saturated heterocycles. The highest BCUT2D eigenvalue weighted by Gasteiger charge is 2.24. The maximum atomic E-state index is 6.37. The molecule has 2 aromatic rings. The maximum absolute atomic E-state index is 6.37. The van der Waals surface area contributed by atoms with Gasteiger partial charge in [-0.1, -0.05) is 12.1 Å². The second kappa shape index (κ2) is 6.95. The van der Waals surface area contributed by atoms with Crippen LogP contribution in [-0.4, -0.2) is 53.9 Å². The summed E-state index contributed by atoms with van der Waals surface area (Å²) in [5, 5.41) is 0. The molecule has 0 bridgehead atoms. The molecular weight excluding hydrogens is 302 g/mol. The minimum atomic E-state index is 0.295. The van der Waals surface area contributed by atoms with Gasteiger partial charge in [-0.15, -0.1) is 0 Å². The van der Waals surface area contributed by atoms with Crippen molar-refractivity contribution >= 4 is 0 Å². The predicted octanol–water partition coefficient (Wildman–Crippen LogP) is 2.85. The first-order valence-corrected chi connectivity index (χ1v) is 8.87. The SMILES string of the molecule is CN1CCC(Oc2ccccc2-n2ccnc2C2CCOC2)CC1. The van der Waals surface area contributed by atoms with Gasteiger partial charge >= 0.3 is 0 Å². The molecule has 0 saturated carbocycles. The summed E-state index contributed by atoms with van der Waals surface area (Å²) in [4.78, 5) is 6.95. The second-order valence-electron chi connectivity index (χ2n) is 6.80. The number of imidazole rings is 1. The van der Waals surface area contributed by atoms with Crippen LogP contribution in [0.4, 0.5) is 0 Å². The lowest BCUT2D eigenvalue weighted by molar-refractivity contribution is 0.114. The van der Waals surface area contributed by atoms with Crippen LogP contribution in [0.15, 0.2) is 36.7 Å². The van der Waals surface area contributed by atoms with Gasteiger partial charge in [-0.05, 0) is 38.4 Å². The van der Waals surface area contributed by atoms with Crippen LogP contribution >= 0.6 is 0 Å². The lowest BCUT2D eigenvalue weighted by Crippen LogP contribution is -2.35. The van der Waals surface area contributed by atoms with Crippen LogP contribution in [0.5, 0.6) is 5.75 Å². The van der Waals surface area contributed by atoms with Gasteiger partial charge in [-0.3, -0.25) is 4.57 Å². The highest BCUT2D eigenvalue weighted by Crippen LogP contribution is 2.31. The smallest absolute Gasteiger partial charge is 0.143 e. The molecule has 5 heteroatoms. The highest BCUT2D eigenvalue weighted by molar-refractivity contribution is 5.47. The second-order valence-corrected chi connectivity index (χ2v) is 6.80. The van der Waals surface area contributed by atoms with E-state index in [9.17, 15) is 0 Å². The summed E-state index contributed by atoms with van der Waals surface area (Å²) in [5.74, 6) is 2.40. The molecule has 4 rings (SSSR count). The molecule has 128 valence electrons. The molecule has 2 aliphatic heterocycles. The van der Waals surface area contributed by atoms with E-state index in [-0.39, 0.29) is 0 Å². The molecule has 1 aromatic heterocycles. The summed E-state index contributed by atoms with van der Waals surface area (Å²) < 4.78 is 14.1. The van der Waals surface area contributed by atoms with Crippen LogP contribution in [0.3, 0.4) is 0 Å². The van der Waals surface area contributed by atoms with Gasteiger partial charge in [-0.2, -0.15) is 0 Å². The van der Waals surface area contributed by atoms with E-state index in [1.807, 2.05) is 18.5 Å². The number of piperidine rings is 1. The third kappa shape index (κ3) is 3.19. The molecule has 0 amide bonds. The predicted molar refractivity (Wildman–Crippen MR) is 92.9 cm³/mol. The molecule has 3 heterocycles. The van der Waals surface area contributed by atoms with Crippen LogP contribution in [0.1, 0.15) is 31.0 Å². The quantitative estimate of drug-likeness (QED) is 0.866. The van der Waals surface area contributed by atoms with E-state index >= 15 is 0 Å². The Morgan fingerprint density at radius 1 is 1.17 bits per heavy atom. The lowest BCUT2D eigenvalue weighted by Gasteiger charge is -2.30. The van der Waals surface area contributed by atoms with E-state index in [2.05, 4.69) is 39.7 Å². The van der Waals surface area contributed by atoms with Crippen LogP contribution in [0.2, 0.25) is 0 Å². The Bertz CT molecular complexity index is 671. The van der Waals surface area contributed by atoms with E-state index in [0.717, 1.165) is 62.8 Å². The molecule has 0 N–H and O–H groups in total. The molecule has 5 nitrogen and oxygen atoms in total. The summed E-state index contributed by atoms with van der Waals surface area (Å²) in [6, 6.07) is 8.29. The summed E-state index contributed by atoms with van der Waals surface area (Å²) >= 11 is 0. The van der Waals surface area contributed by atoms with E-state index < -0.39 is 0 Å². The number of nitrogens with zero attached hydrogens (tertiary/aromatic N) is 3. The van der Waals surface area contributed by atoms with Gasteiger partial charge in [0, 0.05) is 38.0 Å². The molecule has 2 aliphatic rings. The van der Waals surface area contributed by atoms with Crippen LogP contribution in [0.25, 0.3) is 5.69 Å². The average molecular weight is 327 g/mol. The monoisotopic (exact) mass is 327 g/mol. The molecule has 1 atom stereocenters. The van der Waals surface area contributed by atoms with Gasteiger partial charge < -0.3 is 14.4 Å². The van der Waals surface area contributed by atoms with Crippen molar-refractivity contribution in [3.8, 4) is 11.4 Å². The molecule has 0 radical (unpaired) electrons. The summed E-state index contributed by atoms with van der Waals surface area (Å²) in [6.45, 7) is 3.78. The van der Waals surface area contributed by atoms with Crippen molar-refractivity contribution in [1.29, 1.82) is 0 Å². The Morgan fingerprint density at radius 3 is 2.79 bits per heavy atom. The highest BCUT2D eigenvalue weighted by atomic mass is 16.5. The Morgan fingerprint density at radius 2 is 2.00 bits per heavy atom. The minimum absolute atomic E-state index is 0.295. The topological polar surface area (TPSA) is 39.5 Å². The fourth-order valence-corrected chi connectivity index (χ4v) is 3.60. The summed E-state index contributed by atoms with van der Waals surface area (Å²) in [7, 11) is 2.17. The van der Waals surface area contributed by atoms with Gasteiger partial charge in [0.1, 0.15) is 17.7 Å². The number of likely N-dealkylation sites (tertiary alicyclic amines) is 1. The summed E-state index contributed by atoms with van der Waals surface area (Å²) in [6.07, 6.45) is 7.40. The number of aromatic nitrogens is 2. The van der Waals surface area contributed by atoms with Gasteiger partial charge in [0.15, 0.2) is 0 Å². The Balaban J connectivity index is 1.59. The molecule has 0 spiro atoms. The average Bonchev–Trinajstić information content (AvgIpc) is 3.28. The number of hydrogen-bond donors (Lipinski definition) is 0. The lowest BCUT2D eigenvalue weighted by atomic mass is 10.1. The third-order valence-electron chi connectivity index (χ3n) is 5.05. The standard InChI is InChI=1S/C19H25N3O2/c1-21-10-6-16(7-11-21)24-18-5-3-2-4-17(18)22-12-9-20-19(22)15-8-13-23-14-15/h2-5,9,12,15-16H,6-8,10-11,13-14H2,1H3. The molecule has 0 aliphatic carbocycles. The van der Waals surface area contributed by atoms with Gasteiger partial charge in [0.25, 0.3) is 0 Å². The van der Waals surface area contributed by atoms with Crippen LogP contribution in [-0.2, 0) is 4.74 Å². The van der Waals surface area contributed by atoms with Crippen molar-refractivity contribution in [2.45, 2.75) is 31.3 Å². The first-order valence-electron chi connectivity index (χ1n) is 8.87. The number of ether oxygens (including phenoxy) is 2. The van der Waals surface area contributed by atoms with Crippen molar-refractivity contribution in [2.24, 2.45) is 0 Å².